The van der Waals surface area contributed by atoms with Crippen LogP contribution in [0.4, 0.5) is 0 Å². The molecule has 2 aromatic heterocycles. The first-order valence-corrected chi connectivity index (χ1v) is 8.36. The van der Waals surface area contributed by atoms with E-state index in [4.69, 9.17) is 0 Å². The number of rotatable bonds is 4. The summed E-state index contributed by atoms with van der Waals surface area (Å²) in [5, 5.41) is 18.8. The number of benzene rings is 1. The van der Waals surface area contributed by atoms with E-state index in [9.17, 15) is 5.11 Å². The average Bonchev–Trinajstić information content (AvgIpc) is 3.21. The third kappa shape index (κ3) is 2.71. The molecule has 0 radical (unpaired) electrons. The lowest BCUT2D eigenvalue weighted by Gasteiger charge is -2.14. The zero-order chi connectivity index (χ0) is 14.9. The third-order valence-corrected chi connectivity index (χ3v) is 5.34. The summed E-state index contributed by atoms with van der Waals surface area (Å²) in [5.74, 6) is 1.02. The van der Waals surface area contributed by atoms with E-state index in [2.05, 4.69) is 27.3 Å². The van der Waals surface area contributed by atoms with Crippen molar-refractivity contribution in [3.05, 3.63) is 41.5 Å². The Labute approximate surface area is 132 Å². The van der Waals surface area contributed by atoms with Crippen molar-refractivity contribution < 1.29 is 5.11 Å². The molecule has 1 aromatic carbocycles. The monoisotopic (exact) mass is 314 g/mol. The Kier molecular flexibility index (Phi) is 3.56. The van der Waals surface area contributed by atoms with Crippen LogP contribution in [0.5, 0.6) is 5.75 Å². The van der Waals surface area contributed by atoms with E-state index in [1.165, 1.54) is 11.3 Å². The molecule has 1 aliphatic rings. The van der Waals surface area contributed by atoms with Gasteiger partial charge in [-0.1, -0.05) is 11.3 Å². The maximum atomic E-state index is 9.91. The largest absolute Gasteiger partial charge is 0.507 e. The maximum Gasteiger partial charge on any atom is 0.124 e. The van der Waals surface area contributed by atoms with Crippen LogP contribution in [0.2, 0.25) is 0 Å². The van der Waals surface area contributed by atoms with Gasteiger partial charge in [-0.3, -0.25) is 9.58 Å². The zero-order valence-electron chi connectivity index (χ0n) is 12.2. The van der Waals surface area contributed by atoms with Gasteiger partial charge in [-0.2, -0.15) is 0 Å². The van der Waals surface area contributed by atoms with Crippen LogP contribution >= 0.6 is 11.3 Å². The molecule has 1 saturated heterocycles. The molecule has 3 heterocycles. The number of likely N-dealkylation sites (tertiary alicyclic amines) is 1. The van der Waals surface area contributed by atoms with Gasteiger partial charge >= 0.3 is 0 Å². The highest BCUT2D eigenvalue weighted by molar-refractivity contribution is 7.19. The van der Waals surface area contributed by atoms with Gasteiger partial charge in [0.05, 0.1) is 6.20 Å². The average molecular weight is 314 g/mol. The van der Waals surface area contributed by atoms with E-state index in [1.807, 2.05) is 16.9 Å². The maximum absolute atomic E-state index is 9.91. The predicted molar refractivity (Wildman–Crippen MR) is 86.9 cm³/mol. The minimum Gasteiger partial charge on any atom is -0.507 e. The fourth-order valence-electron chi connectivity index (χ4n) is 3.20. The fraction of sp³-hybridized carbons (Fsp3) is 0.375. The van der Waals surface area contributed by atoms with Crippen molar-refractivity contribution in [1.29, 1.82) is 0 Å². The lowest BCUT2D eigenvalue weighted by Crippen LogP contribution is -2.21. The van der Waals surface area contributed by atoms with Crippen LogP contribution in [0.1, 0.15) is 11.3 Å². The molecule has 6 heteroatoms. The van der Waals surface area contributed by atoms with Gasteiger partial charge in [0.1, 0.15) is 5.75 Å². The minimum absolute atomic E-state index is 0.380. The molecule has 1 atom stereocenters. The molecule has 3 aromatic rings. The van der Waals surface area contributed by atoms with E-state index in [0.717, 1.165) is 36.3 Å². The van der Waals surface area contributed by atoms with Crippen LogP contribution in [0, 0.1) is 5.92 Å². The molecular formula is C16H18N4OS. The number of aromatic hydroxyl groups is 1. The summed E-state index contributed by atoms with van der Waals surface area (Å²) in [6.45, 7) is 4.13. The molecule has 1 fully saturated rings. The lowest BCUT2D eigenvalue weighted by atomic mass is 10.1. The SMILES string of the molecule is Oc1cccc2sc(CN3CCC(Cn4ccnn4)C3)cc12. The standard InChI is InChI=1S/C16H18N4OS/c21-15-2-1-3-16-14(15)8-13(22-16)11-19-6-4-12(9-19)10-20-7-5-17-18-20/h1-3,5,7-8,12,21H,4,6,9-11H2. The van der Waals surface area contributed by atoms with Gasteiger partial charge in [0.25, 0.3) is 0 Å². The number of phenolic OH excluding ortho intramolecular Hbond substituents is 1. The predicted octanol–water partition coefficient (Wildman–Crippen LogP) is 2.72. The van der Waals surface area contributed by atoms with E-state index in [0.29, 0.717) is 11.7 Å². The van der Waals surface area contributed by atoms with Gasteiger partial charge in [-0.15, -0.1) is 16.4 Å². The van der Waals surface area contributed by atoms with E-state index in [1.54, 1.807) is 23.6 Å². The van der Waals surface area contributed by atoms with Crippen molar-refractivity contribution in [3.8, 4) is 5.75 Å². The van der Waals surface area contributed by atoms with Crippen LogP contribution in [-0.2, 0) is 13.1 Å². The molecule has 1 aliphatic heterocycles. The smallest absolute Gasteiger partial charge is 0.124 e. The van der Waals surface area contributed by atoms with Crippen molar-refractivity contribution >= 4 is 21.4 Å². The summed E-state index contributed by atoms with van der Waals surface area (Å²) in [5.41, 5.74) is 0. The van der Waals surface area contributed by atoms with Gasteiger partial charge < -0.3 is 5.11 Å². The summed E-state index contributed by atoms with van der Waals surface area (Å²) < 4.78 is 3.08. The molecule has 1 N–H and O–H groups in total. The summed E-state index contributed by atoms with van der Waals surface area (Å²) in [6.07, 6.45) is 4.86. The molecule has 0 saturated carbocycles. The molecule has 0 bridgehead atoms. The second kappa shape index (κ2) is 5.70. The van der Waals surface area contributed by atoms with Crippen molar-refractivity contribution in [2.45, 2.75) is 19.5 Å². The van der Waals surface area contributed by atoms with Crippen molar-refractivity contribution in [2.75, 3.05) is 13.1 Å². The number of hydrogen-bond acceptors (Lipinski definition) is 5. The highest BCUT2D eigenvalue weighted by Crippen LogP contribution is 2.33. The Bertz CT molecular complexity index is 768. The number of nitrogens with zero attached hydrogens (tertiary/aromatic N) is 4. The van der Waals surface area contributed by atoms with Crippen LogP contribution in [0.25, 0.3) is 10.1 Å². The van der Waals surface area contributed by atoms with Crippen LogP contribution in [0.15, 0.2) is 36.7 Å². The quantitative estimate of drug-likeness (QED) is 0.804. The molecule has 1 unspecified atom stereocenters. The first-order valence-electron chi connectivity index (χ1n) is 7.55. The Morgan fingerprint density at radius 2 is 2.32 bits per heavy atom. The first-order chi connectivity index (χ1) is 10.8. The van der Waals surface area contributed by atoms with Gasteiger partial charge in [-0.05, 0) is 37.1 Å². The molecule has 0 spiro atoms. The second-order valence-corrected chi connectivity index (χ2v) is 7.08. The van der Waals surface area contributed by atoms with Crippen molar-refractivity contribution in [1.82, 2.24) is 19.9 Å². The summed E-state index contributed by atoms with van der Waals surface area (Å²) in [7, 11) is 0. The number of aromatic nitrogens is 3. The topological polar surface area (TPSA) is 54.2 Å². The van der Waals surface area contributed by atoms with Gasteiger partial charge in [0.15, 0.2) is 0 Å². The van der Waals surface area contributed by atoms with Crippen LogP contribution in [-0.4, -0.2) is 38.1 Å². The number of thiophene rings is 1. The highest BCUT2D eigenvalue weighted by atomic mass is 32.1. The van der Waals surface area contributed by atoms with E-state index in [-0.39, 0.29) is 0 Å². The normalized spacial score (nSPS) is 19.2. The van der Waals surface area contributed by atoms with Crippen LogP contribution in [0.3, 0.4) is 0 Å². The number of hydrogen-bond donors (Lipinski definition) is 1. The third-order valence-electron chi connectivity index (χ3n) is 4.26. The molecule has 114 valence electrons. The Morgan fingerprint density at radius 1 is 1.36 bits per heavy atom. The minimum atomic E-state index is 0.380. The molecule has 5 nitrogen and oxygen atoms in total. The number of phenols is 1. The van der Waals surface area contributed by atoms with Gasteiger partial charge in [0.2, 0.25) is 0 Å². The summed E-state index contributed by atoms with van der Waals surface area (Å²) in [6, 6.07) is 7.85. The Hall–Kier alpha value is -1.92. The molecule has 0 aliphatic carbocycles. The highest BCUT2D eigenvalue weighted by Gasteiger charge is 2.23. The van der Waals surface area contributed by atoms with Crippen molar-refractivity contribution in [3.63, 3.8) is 0 Å². The Morgan fingerprint density at radius 3 is 3.14 bits per heavy atom. The van der Waals surface area contributed by atoms with E-state index < -0.39 is 0 Å². The zero-order valence-corrected chi connectivity index (χ0v) is 13.0. The van der Waals surface area contributed by atoms with Crippen molar-refractivity contribution in [2.24, 2.45) is 5.92 Å². The fourth-order valence-corrected chi connectivity index (χ4v) is 4.32. The molecule has 0 amide bonds. The Balaban J connectivity index is 1.42. The molecule has 4 rings (SSSR count). The molecule has 22 heavy (non-hydrogen) atoms. The summed E-state index contributed by atoms with van der Waals surface area (Å²) in [4.78, 5) is 3.81. The van der Waals surface area contributed by atoms with Gasteiger partial charge in [-0.25, -0.2) is 0 Å². The summed E-state index contributed by atoms with van der Waals surface area (Å²) >= 11 is 1.78. The first kappa shape index (κ1) is 13.7. The second-order valence-electron chi connectivity index (χ2n) is 5.92. The van der Waals surface area contributed by atoms with Crippen LogP contribution < -0.4 is 0 Å². The lowest BCUT2D eigenvalue weighted by molar-refractivity contribution is 0.308. The van der Waals surface area contributed by atoms with E-state index >= 15 is 0 Å². The number of fused-ring (bicyclic) bond motifs is 1. The molecular weight excluding hydrogens is 296 g/mol. The van der Waals surface area contributed by atoms with Gasteiger partial charge in [0, 0.05) is 40.8 Å².